The van der Waals surface area contributed by atoms with Gasteiger partial charge in [0.2, 0.25) is 5.91 Å². The molecule has 0 unspecified atom stereocenters. The van der Waals surface area contributed by atoms with Crippen LogP contribution in [-0.2, 0) is 17.6 Å². The molecule has 0 bridgehead atoms. The van der Waals surface area contributed by atoms with Crippen LogP contribution in [0.25, 0.3) is 0 Å². The lowest BCUT2D eigenvalue weighted by Crippen LogP contribution is -2.43. The summed E-state index contributed by atoms with van der Waals surface area (Å²) in [6.07, 6.45) is 4.05. The number of carbonyl (C=O) groups excluding carboxylic acids is 1. The molecule has 1 aromatic heterocycles. The minimum absolute atomic E-state index is 0.110. The Morgan fingerprint density at radius 1 is 1.50 bits per heavy atom. The van der Waals surface area contributed by atoms with Crippen LogP contribution in [-0.4, -0.2) is 24.0 Å². The highest BCUT2D eigenvalue weighted by Gasteiger charge is 2.22. The van der Waals surface area contributed by atoms with Crippen LogP contribution in [0.2, 0.25) is 0 Å². The predicted octanol–water partition coefficient (Wildman–Crippen LogP) is 1.18. The fourth-order valence-corrected chi connectivity index (χ4v) is 3.24. The molecule has 2 N–H and O–H groups in total. The molecule has 4 nitrogen and oxygen atoms in total. The topological polar surface area (TPSA) is 54.0 Å². The maximum absolute atomic E-state index is 11.7. The number of nitrogens with one attached hydrogen (secondary N) is 2. The number of anilines is 1. The number of fused-ring (bicyclic) bond motifs is 1. The summed E-state index contributed by atoms with van der Waals surface area (Å²) >= 11 is 1.64. The molecule has 3 rings (SSSR count). The number of carbonyl (C=O) groups is 1. The number of thiazole rings is 1. The lowest BCUT2D eigenvalue weighted by molar-refractivity contribution is -0.117. The second-order valence-corrected chi connectivity index (χ2v) is 5.60. The van der Waals surface area contributed by atoms with Gasteiger partial charge in [0.05, 0.1) is 5.69 Å². The normalized spacial score (nSPS) is 19.2. The highest BCUT2D eigenvalue weighted by atomic mass is 32.1. The molecule has 86 valence electrons. The molecule has 0 atom stereocenters. The van der Waals surface area contributed by atoms with Crippen molar-refractivity contribution in [1.29, 1.82) is 0 Å². The van der Waals surface area contributed by atoms with E-state index in [0.29, 0.717) is 12.3 Å². The maximum atomic E-state index is 11.7. The van der Waals surface area contributed by atoms with Crippen molar-refractivity contribution in [2.75, 3.05) is 18.4 Å². The highest BCUT2D eigenvalue weighted by molar-refractivity contribution is 7.15. The molecular formula is C11H15N3OS. The first-order chi connectivity index (χ1) is 7.81. The number of amides is 1. The van der Waals surface area contributed by atoms with Crippen LogP contribution in [0.1, 0.15) is 23.4 Å². The van der Waals surface area contributed by atoms with Gasteiger partial charge in [0.1, 0.15) is 0 Å². The Bertz CT molecular complexity index is 390. The number of aryl methyl sites for hydroxylation is 2. The number of rotatable bonds is 3. The molecule has 1 aliphatic heterocycles. The van der Waals surface area contributed by atoms with Crippen LogP contribution in [0.4, 0.5) is 5.13 Å². The Hall–Kier alpha value is -0.940. The minimum Gasteiger partial charge on any atom is -0.316 e. The molecule has 2 heterocycles. The van der Waals surface area contributed by atoms with Crippen LogP contribution < -0.4 is 10.6 Å². The van der Waals surface area contributed by atoms with Crippen LogP contribution in [0.5, 0.6) is 0 Å². The molecule has 0 saturated carbocycles. The van der Waals surface area contributed by atoms with Crippen molar-refractivity contribution in [1.82, 2.24) is 10.3 Å². The van der Waals surface area contributed by atoms with Gasteiger partial charge in [-0.3, -0.25) is 4.79 Å². The van der Waals surface area contributed by atoms with Gasteiger partial charge in [0, 0.05) is 11.3 Å². The minimum atomic E-state index is 0.110. The van der Waals surface area contributed by atoms with E-state index in [1.54, 1.807) is 11.3 Å². The maximum Gasteiger partial charge on any atom is 0.226 e. The predicted molar refractivity (Wildman–Crippen MR) is 63.7 cm³/mol. The summed E-state index contributed by atoms with van der Waals surface area (Å²) in [6.45, 7) is 1.95. The van der Waals surface area contributed by atoms with Gasteiger partial charge in [-0.15, -0.1) is 11.3 Å². The zero-order valence-corrected chi connectivity index (χ0v) is 9.90. The zero-order chi connectivity index (χ0) is 11.0. The van der Waals surface area contributed by atoms with E-state index in [2.05, 4.69) is 15.6 Å². The molecule has 1 aliphatic carbocycles. The number of hydrogen-bond acceptors (Lipinski definition) is 4. The quantitative estimate of drug-likeness (QED) is 0.830. The fourth-order valence-electron chi connectivity index (χ4n) is 2.17. The molecule has 0 aromatic carbocycles. The van der Waals surface area contributed by atoms with Crippen molar-refractivity contribution in [3.8, 4) is 0 Å². The van der Waals surface area contributed by atoms with Gasteiger partial charge in [-0.2, -0.15) is 0 Å². The first-order valence-corrected chi connectivity index (χ1v) is 6.62. The van der Waals surface area contributed by atoms with E-state index in [1.807, 2.05) is 0 Å². The van der Waals surface area contributed by atoms with Gasteiger partial charge < -0.3 is 10.6 Å². The summed E-state index contributed by atoms with van der Waals surface area (Å²) in [5, 5.41) is 6.87. The van der Waals surface area contributed by atoms with Gasteiger partial charge in [0.25, 0.3) is 0 Å². The molecule has 1 saturated heterocycles. The highest BCUT2D eigenvalue weighted by Crippen LogP contribution is 2.30. The molecule has 1 fully saturated rings. The summed E-state index contributed by atoms with van der Waals surface area (Å²) in [5.41, 5.74) is 1.20. The lowest BCUT2D eigenvalue weighted by atomic mass is 9.99. The lowest BCUT2D eigenvalue weighted by Gasteiger charge is -2.26. The van der Waals surface area contributed by atoms with E-state index in [9.17, 15) is 4.79 Å². The molecule has 1 aromatic rings. The van der Waals surface area contributed by atoms with Crippen molar-refractivity contribution >= 4 is 22.4 Å². The van der Waals surface area contributed by atoms with Gasteiger partial charge in [-0.25, -0.2) is 4.98 Å². The largest absolute Gasteiger partial charge is 0.316 e. The third-order valence-electron chi connectivity index (χ3n) is 3.18. The average Bonchev–Trinajstić information content (AvgIpc) is 2.71. The molecule has 16 heavy (non-hydrogen) atoms. The monoisotopic (exact) mass is 237 g/mol. The van der Waals surface area contributed by atoms with Crippen molar-refractivity contribution in [3.05, 3.63) is 10.6 Å². The van der Waals surface area contributed by atoms with E-state index in [1.165, 1.54) is 17.0 Å². The van der Waals surface area contributed by atoms with E-state index in [0.717, 1.165) is 31.1 Å². The molecule has 2 aliphatic rings. The Morgan fingerprint density at radius 3 is 3.06 bits per heavy atom. The summed E-state index contributed by atoms with van der Waals surface area (Å²) < 4.78 is 0. The Labute approximate surface area is 98.5 Å². The summed E-state index contributed by atoms with van der Waals surface area (Å²) in [5.74, 6) is 0.630. The van der Waals surface area contributed by atoms with Crippen molar-refractivity contribution in [2.24, 2.45) is 5.92 Å². The van der Waals surface area contributed by atoms with Crippen molar-refractivity contribution in [2.45, 2.75) is 25.7 Å². The van der Waals surface area contributed by atoms with Crippen molar-refractivity contribution in [3.63, 3.8) is 0 Å². The van der Waals surface area contributed by atoms with Crippen LogP contribution >= 0.6 is 11.3 Å². The number of aromatic nitrogens is 1. The SMILES string of the molecule is O=C(CC1CNC1)Nc1nc2c(s1)CCC2. The van der Waals surface area contributed by atoms with Gasteiger partial charge in [-0.1, -0.05) is 0 Å². The van der Waals surface area contributed by atoms with Gasteiger partial charge in [0.15, 0.2) is 5.13 Å². The van der Waals surface area contributed by atoms with Crippen LogP contribution in [0.15, 0.2) is 0 Å². The Morgan fingerprint density at radius 2 is 2.38 bits per heavy atom. The van der Waals surface area contributed by atoms with E-state index < -0.39 is 0 Å². The fraction of sp³-hybridized carbons (Fsp3) is 0.636. The van der Waals surface area contributed by atoms with Gasteiger partial charge in [-0.05, 0) is 38.3 Å². The third-order valence-corrected chi connectivity index (χ3v) is 4.25. The summed E-state index contributed by atoms with van der Waals surface area (Å²) in [6, 6.07) is 0. The van der Waals surface area contributed by atoms with Gasteiger partial charge >= 0.3 is 0 Å². The zero-order valence-electron chi connectivity index (χ0n) is 9.08. The average molecular weight is 237 g/mol. The van der Waals surface area contributed by atoms with E-state index >= 15 is 0 Å². The molecule has 0 radical (unpaired) electrons. The standard InChI is InChI=1S/C11H15N3OS/c15-10(4-7-5-12-6-7)14-11-13-8-2-1-3-9(8)16-11/h7,12H,1-6H2,(H,13,14,15). The van der Waals surface area contributed by atoms with Crippen LogP contribution in [0, 0.1) is 5.92 Å². The second kappa shape index (κ2) is 4.14. The van der Waals surface area contributed by atoms with E-state index in [4.69, 9.17) is 0 Å². The number of hydrogen-bond donors (Lipinski definition) is 2. The molecule has 0 spiro atoms. The first-order valence-electron chi connectivity index (χ1n) is 5.80. The smallest absolute Gasteiger partial charge is 0.226 e. The van der Waals surface area contributed by atoms with Crippen LogP contribution in [0.3, 0.4) is 0 Å². The molecule has 5 heteroatoms. The molecular weight excluding hydrogens is 222 g/mol. The second-order valence-electron chi connectivity index (χ2n) is 4.52. The Kier molecular flexibility index (Phi) is 2.65. The van der Waals surface area contributed by atoms with E-state index in [-0.39, 0.29) is 5.91 Å². The summed E-state index contributed by atoms with van der Waals surface area (Å²) in [7, 11) is 0. The first kappa shape index (κ1) is 10.2. The number of nitrogens with zero attached hydrogens (tertiary/aromatic N) is 1. The molecule has 1 amide bonds. The summed E-state index contributed by atoms with van der Waals surface area (Å²) in [4.78, 5) is 17.5. The third kappa shape index (κ3) is 1.97. The van der Waals surface area contributed by atoms with Crippen molar-refractivity contribution < 1.29 is 4.79 Å². The Balaban J connectivity index is 1.58.